The summed E-state index contributed by atoms with van der Waals surface area (Å²) in [5.74, 6) is 1.84. The Bertz CT molecular complexity index is 4220. The SMILES string of the molecule is c1ccc(-c2cccc(N(c3ccc(-c4ccc5c(c4)oc4ccccc45)cc3)c3ccc(-c4cccc5c4-c4ccccc4C54c5ccc6ccccc6c5Oc5c4ccc4ccccc54)cc3)c2)cc1. The Morgan fingerprint density at radius 2 is 0.819 bits per heavy atom. The number of anilines is 3. The molecule has 3 heteroatoms. The van der Waals surface area contributed by atoms with Crippen LogP contribution in [0.5, 0.6) is 11.5 Å². The van der Waals surface area contributed by atoms with Crippen LogP contribution in [-0.4, -0.2) is 0 Å². The highest BCUT2D eigenvalue weighted by molar-refractivity contribution is 6.06. The lowest BCUT2D eigenvalue weighted by molar-refractivity contribution is 0.447. The second kappa shape index (κ2) is 15.8. The first-order valence-corrected chi connectivity index (χ1v) is 24.7. The summed E-state index contributed by atoms with van der Waals surface area (Å²) < 4.78 is 13.5. The summed E-state index contributed by atoms with van der Waals surface area (Å²) in [5.41, 5.74) is 18.7. The molecule has 1 spiro atoms. The zero-order valence-corrected chi connectivity index (χ0v) is 39.1. The fourth-order valence-electron chi connectivity index (χ4n) is 12.1. The van der Waals surface area contributed by atoms with E-state index in [0.29, 0.717) is 0 Å². The van der Waals surface area contributed by atoms with E-state index >= 15 is 0 Å². The molecule has 0 unspecified atom stereocenters. The van der Waals surface area contributed by atoms with Crippen molar-refractivity contribution >= 4 is 60.5 Å². The number of para-hydroxylation sites is 1. The maximum absolute atomic E-state index is 7.22. The molecular formula is C69H43NO2. The van der Waals surface area contributed by atoms with E-state index < -0.39 is 5.41 Å². The van der Waals surface area contributed by atoms with E-state index in [-0.39, 0.29) is 0 Å². The van der Waals surface area contributed by atoms with Gasteiger partial charge in [-0.15, -0.1) is 0 Å². The van der Waals surface area contributed by atoms with Gasteiger partial charge in [0.15, 0.2) is 0 Å². The Morgan fingerprint density at radius 3 is 1.56 bits per heavy atom. The molecule has 0 atom stereocenters. The van der Waals surface area contributed by atoms with Crippen LogP contribution >= 0.6 is 0 Å². The largest absolute Gasteiger partial charge is 0.456 e. The van der Waals surface area contributed by atoms with E-state index in [0.717, 1.165) is 105 Å². The highest BCUT2D eigenvalue weighted by Gasteiger charge is 2.52. The van der Waals surface area contributed by atoms with E-state index in [1.54, 1.807) is 0 Å². The standard InChI is InChI=1S/C69H43NO2/c1-2-14-44(15-3-1)49-18-12-19-53(42-49)70(51-35-28-45(29-36-51)50-32-39-58-57-22-9-11-27-64(57)71-65(58)43-50)52-37-30-48(31-38-52)54-24-13-26-61-66(54)59-23-8-10-25-60(59)69(61)62-40-33-46-16-4-6-20-55(46)67(62)72-68-56-21-7-5-17-47(56)34-41-63(68)69/h1-43H. The van der Waals surface area contributed by atoms with Crippen LogP contribution in [0.15, 0.2) is 265 Å². The van der Waals surface area contributed by atoms with E-state index in [2.05, 4.69) is 254 Å². The van der Waals surface area contributed by atoms with E-state index in [1.807, 2.05) is 12.1 Å². The third-order valence-corrected chi connectivity index (χ3v) is 15.3. The molecule has 1 aliphatic heterocycles. The predicted octanol–water partition coefficient (Wildman–Crippen LogP) is 18.8. The smallest absolute Gasteiger partial charge is 0.140 e. The fraction of sp³-hybridized carbons (Fsp3) is 0.0145. The second-order valence-electron chi connectivity index (χ2n) is 19.1. The van der Waals surface area contributed by atoms with Crippen LogP contribution < -0.4 is 9.64 Å². The van der Waals surface area contributed by atoms with Gasteiger partial charge >= 0.3 is 0 Å². The quantitative estimate of drug-likeness (QED) is 0.166. The van der Waals surface area contributed by atoms with Crippen LogP contribution in [-0.2, 0) is 5.41 Å². The van der Waals surface area contributed by atoms with Crippen LogP contribution in [0.2, 0.25) is 0 Å². The number of furan rings is 1. The van der Waals surface area contributed by atoms with Crippen molar-refractivity contribution in [3.63, 3.8) is 0 Å². The van der Waals surface area contributed by atoms with Crippen molar-refractivity contribution in [2.45, 2.75) is 5.41 Å². The van der Waals surface area contributed by atoms with Gasteiger partial charge < -0.3 is 14.1 Å². The van der Waals surface area contributed by atoms with Gasteiger partial charge in [-0.25, -0.2) is 0 Å². The molecule has 336 valence electrons. The molecule has 2 aliphatic rings. The molecule has 3 nitrogen and oxygen atoms in total. The third-order valence-electron chi connectivity index (χ3n) is 15.3. The highest BCUT2D eigenvalue weighted by atomic mass is 16.5. The minimum Gasteiger partial charge on any atom is -0.456 e. The Hall–Kier alpha value is -9.44. The molecule has 72 heavy (non-hydrogen) atoms. The summed E-state index contributed by atoms with van der Waals surface area (Å²) in [5, 5.41) is 6.81. The number of ether oxygens (including phenoxy) is 1. The van der Waals surface area contributed by atoms with Gasteiger partial charge in [-0.2, -0.15) is 0 Å². The van der Waals surface area contributed by atoms with Gasteiger partial charge in [0.05, 0.1) is 5.41 Å². The lowest BCUT2D eigenvalue weighted by Gasteiger charge is -2.40. The Morgan fingerprint density at radius 1 is 0.292 bits per heavy atom. The van der Waals surface area contributed by atoms with E-state index in [9.17, 15) is 0 Å². The summed E-state index contributed by atoms with van der Waals surface area (Å²) in [6.07, 6.45) is 0. The number of hydrogen-bond acceptors (Lipinski definition) is 3. The summed E-state index contributed by atoms with van der Waals surface area (Å²) in [7, 11) is 0. The molecule has 13 aromatic rings. The van der Waals surface area contributed by atoms with Crippen LogP contribution in [0.25, 0.3) is 88.0 Å². The molecule has 12 aromatic carbocycles. The Balaban J connectivity index is 0.877. The molecule has 0 saturated carbocycles. The molecular weight excluding hydrogens is 875 g/mol. The first-order chi connectivity index (χ1) is 35.7. The Labute approximate surface area is 417 Å². The molecule has 1 aromatic heterocycles. The second-order valence-corrected chi connectivity index (χ2v) is 19.1. The van der Waals surface area contributed by atoms with Crippen molar-refractivity contribution < 1.29 is 9.15 Å². The first-order valence-electron chi connectivity index (χ1n) is 24.7. The van der Waals surface area contributed by atoms with Crippen LogP contribution in [0.3, 0.4) is 0 Å². The Kier molecular flexibility index (Phi) is 8.87. The lowest BCUT2D eigenvalue weighted by atomic mass is 9.65. The molecule has 0 bridgehead atoms. The predicted molar refractivity (Wildman–Crippen MR) is 297 cm³/mol. The van der Waals surface area contributed by atoms with Gasteiger partial charge in [-0.05, 0) is 121 Å². The fourth-order valence-corrected chi connectivity index (χ4v) is 12.1. The minimum absolute atomic E-state index is 0.622. The topological polar surface area (TPSA) is 25.6 Å². The average molecular weight is 918 g/mol. The third kappa shape index (κ3) is 5.98. The van der Waals surface area contributed by atoms with Crippen molar-refractivity contribution in [3.8, 4) is 56.0 Å². The summed E-state index contributed by atoms with van der Waals surface area (Å²) >= 11 is 0. The number of hydrogen-bond donors (Lipinski definition) is 0. The van der Waals surface area contributed by atoms with Crippen LogP contribution in [0.4, 0.5) is 17.1 Å². The average Bonchev–Trinajstić information content (AvgIpc) is 3.97. The van der Waals surface area contributed by atoms with Crippen molar-refractivity contribution in [3.05, 3.63) is 283 Å². The number of nitrogens with zero attached hydrogens (tertiary/aromatic N) is 1. The van der Waals surface area contributed by atoms with Gasteiger partial charge in [0, 0.05) is 49.7 Å². The maximum atomic E-state index is 7.22. The molecule has 2 heterocycles. The summed E-state index contributed by atoms with van der Waals surface area (Å²) in [6.45, 7) is 0. The van der Waals surface area contributed by atoms with Crippen molar-refractivity contribution in [2.75, 3.05) is 4.90 Å². The summed E-state index contributed by atoms with van der Waals surface area (Å²) in [4.78, 5) is 2.37. The minimum atomic E-state index is -0.622. The van der Waals surface area contributed by atoms with E-state index in [4.69, 9.17) is 9.15 Å². The van der Waals surface area contributed by atoms with Crippen molar-refractivity contribution in [1.29, 1.82) is 0 Å². The molecule has 0 fully saturated rings. The zero-order chi connectivity index (χ0) is 47.3. The maximum Gasteiger partial charge on any atom is 0.140 e. The zero-order valence-electron chi connectivity index (χ0n) is 39.1. The van der Waals surface area contributed by atoms with Crippen LogP contribution in [0, 0.1) is 0 Å². The summed E-state index contributed by atoms with van der Waals surface area (Å²) in [6, 6.07) is 94.7. The van der Waals surface area contributed by atoms with Gasteiger partial charge in [-0.3, -0.25) is 0 Å². The van der Waals surface area contributed by atoms with Gasteiger partial charge in [0.1, 0.15) is 22.7 Å². The molecule has 0 saturated heterocycles. The number of benzene rings is 12. The molecule has 15 rings (SSSR count). The van der Waals surface area contributed by atoms with Crippen molar-refractivity contribution in [1.82, 2.24) is 0 Å². The van der Waals surface area contributed by atoms with Crippen molar-refractivity contribution in [2.24, 2.45) is 0 Å². The first kappa shape index (κ1) is 40.4. The van der Waals surface area contributed by atoms with Gasteiger partial charge in [0.2, 0.25) is 0 Å². The van der Waals surface area contributed by atoms with Gasteiger partial charge in [-0.1, -0.05) is 206 Å². The normalized spacial score (nSPS) is 12.9. The monoisotopic (exact) mass is 917 g/mol. The number of fused-ring (bicyclic) bond motifs is 16. The molecule has 1 aliphatic carbocycles. The molecule has 0 radical (unpaired) electrons. The van der Waals surface area contributed by atoms with Gasteiger partial charge in [0.25, 0.3) is 0 Å². The lowest BCUT2D eigenvalue weighted by Crippen LogP contribution is -2.32. The van der Waals surface area contributed by atoms with Crippen LogP contribution in [0.1, 0.15) is 22.3 Å². The molecule has 0 N–H and O–H groups in total. The number of rotatable bonds is 6. The highest BCUT2D eigenvalue weighted by Crippen LogP contribution is 2.65. The van der Waals surface area contributed by atoms with E-state index in [1.165, 1.54) is 33.4 Å². The molecule has 0 amide bonds.